The van der Waals surface area contributed by atoms with Crippen LogP contribution in [0.15, 0.2) is 30.3 Å². The van der Waals surface area contributed by atoms with Gasteiger partial charge in [-0.1, -0.05) is 30.3 Å². The molecule has 132 valence electrons. The third-order valence-corrected chi connectivity index (χ3v) is 6.50. The molecule has 0 aromatic heterocycles. The lowest BCUT2D eigenvalue weighted by Gasteiger charge is -2.52. The van der Waals surface area contributed by atoms with Gasteiger partial charge >= 0.3 is 0 Å². The van der Waals surface area contributed by atoms with E-state index in [1.54, 1.807) is 0 Å². The van der Waals surface area contributed by atoms with Crippen LogP contribution in [0.5, 0.6) is 0 Å². The van der Waals surface area contributed by atoms with E-state index in [1.807, 2.05) is 0 Å². The zero-order valence-electron chi connectivity index (χ0n) is 15.1. The van der Waals surface area contributed by atoms with Crippen molar-refractivity contribution >= 4 is 0 Å². The Balaban J connectivity index is 1.59. The van der Waals surface area contributed by atoms with Gasteiger partial charge in [0.2, 0.25) is 0 Å². The van der Waals surface area contributed by atoms with Crippen LogP contribution in [-0.2, 0) is 11.3 Å². The standard InChI is InChI=1S/C21H32N2O/c1-22(17-18-9-3-2-4-10-18)20-19(23-14-5-6-15-23)11-7-12-21(20)13-8-16-24-21/h2-4,9-10,19-20H,5-8,11-17H2,1H3. The molecule has 3 aliphatic rings. The Kier molecular flexibility index (Phi) is 4.93. The minimum Gasteiger partial charge on any atom is -0.373 e. The molecule has 2 aliphatic heterocycles. The Morgan fingerprint density at radius 3 is 2.54 bits per heavy atom. The molecule has 1 spiro atoms. The third-order valence-electron chi connectivity index (χ3n) is 6.50. The summed E-state index contributed by atoms with van der Waals surface area (Å²) in [7, 11) is 2.33. The van der Waals surface area contributed by atoms with Crippen molar-refractivity contribution in [2.75, 3.05) is 26.7 Å². The molecule has 3 unspecified atom stereocenters. The van der Waals surface area contributed by atoms with Crippen LogP contribution >= 0.6 is 0 Å². The van der Waals surface area contributed by atoms with Crippen molar-refractivity contribution in [3.05, 3.63) is 35.9 Å². The molecule has 2 saturated heterocycles. The average Bonchev–Trinajstić information content (AvgIpc) is 3.28. The van der Waals surface area contributed by atoms with Crippen molar-refractivity contribution in [2.24, 2.45) is 0 Å². The molecule has 3 nitrogen and oxygen atoms in total. The second-order valence-corrected chi connectivity index (χ2v) is 8.06. The molecule has 0 bridgehead atoms. The summed E-state index contributed by atoms with van der Waals surface area (Å²) in [5, 5.41) is 0. The van der Waals surface area contributed by atoms with E-state index in [1.165, 1.54) is 63.6 Å². The quantitative estimate of drug-likeness (QED) is 0.838. The van der Waals surface area contributed by atoms with Crippen LogP contribution in [0.2, 0.25) is 0 Å². The molecule has 0 amide bonds. The molecule has 3 fully saturated rings. The van der Waals surface area contributed by atoms with E-state index in [0.717, 1.165) is 13.2 Å². The molecule has 2 heterocycles. The lowest BCUT2D eigenvalue weighted by Crippen LogP contribution is -2.63. The summed E-state index contributed by atoms with van der Waals surface area (Å²) in [4.78, 5) is 5.39. The van der Waals surface area contributed by atoms with Crippen LogP contribution in [0.3, 0.4) is 0 Å². The van der Waals surface area contributed by atoms with Gasteiger partial charge in [0.15, 0.2) is 0 Å². The van der Waals surface area contributed by atoms with Crippen LogP contribution in [0.4, 0.5) is 0 Å². The zero-order chi connectivity index (χ0) is 16.4. The van der Waals surface area contributed by atoms with Gasteiger partial charge < -0.3 is 4.74 Å². The van der Waals surface area contributed by atoms with Crippen LogP contribution in [0.1, 0.15) is 50.5 Å². The Morgan fingerprint density at radius 1 is 1.08 bits per heavy atom. The van der Waals surface area contributed by atoms with E-state index in [9.17, 15) is 0 Å². The normalized spacial score (nSPS) is 34.4. The molecule has 1 aromatic carbocycles. The minimum absolute atomic E-state index is 0.106. The van der Waals surface area contributed by atoms with Gasteiger partial charge in [0.25, 0.3) is 0 Å². The number of benzene rings is 1. The predicted octanol–water partition coefficient (Wildman–Crippen LogP) is 3.68. The fraction of sp³-hybridized carbons (Fsp3) is 0.714. The summed E-state index contributed by atoms with van der Waals surface area (Å²) < 4.78 is 6.47. The van der Waals surface area contributed by atoms with Crippen LogP contribution in [-0.4, -0.2) is 54.2 Å². The van der Waals surface area contributed by atoms with Crippen molar-refractivity contribution in [3.63, 3.8) is 0 Å². The van der Waals surface area contributed by atoms with Gasteiger partial charge in [-0.05, 0) is 70.6 Å². The first kappa shape index (κ1) is 16.6. The van der Waals surface area contributed by atoms with E-state index in [0.29, 0.717) is 12.1 Å². The molecule has 3 atom stereocenters. The molecule has 4 rings (SSSR count). The molecular weight excluding hydrogens is 296 g/mol. The van der Waals surface area contributed by atoms with Crippen LogP contribution in [0, 0.1) is 0 Å². The number of nitrogens with zero attached hydrogens (tertiary/aromatic N) is 2. The zero-order valence-corrected chi connectivity index (χ0v) is 15.1. The van der Waals surface area contributed by atoms with Crippen molar-refractivity contribution in [1.29, 1.82) is 0 Å². The monoisotopic (exact) mass is 328 g/mol. The molecule has 0 N–H and O–H groups in total. The fourth-order valence-electron chi connectivity index (χ4n) is 5.54. The second-order valence-electron chi connectivity index (χ2n) is 8.06. The van der Waals surface area contributed by atoms with Crippen molar-refractivity contribution < 1.29 is 4.74 Å². The highest BCUT2D eigenvalue weighted by atomic mass is 16.5. The van der Waals surface area contributed by atoms with Gasteiger partial charge in [0.1, 0.15) is 0 Å². The molecule has 24 heavy (non-hydrogen) atoms. The largest absolute Gasteiger partial charge is 0.373 e. The Labute approximate surface area is 147 Å². The van der Waals surface area contributed by atoms with Gasteiger partial charge in [0, 0.05) is 19.2 Å². The summed E-state index contributed by atoms with van der Waals surface area (Å²) >= 11 is 0. The van der Waals surface area contributed by atoms with E-state index in [2.05, 4.69) is 47.2 Å². The first-order valence-electron chi connectivity index (χ1n) is 9.91. The number of rotatable bonds is 4. The average molecular weight is 329 g/mol. The van der Waals surface area contributed by atoms with Crippen molar-refractivity contribution in [1.82, 2.24) is 9.80 Å². The van der Waals surface area contributed by atoms with Gasteiger partial charge in [-0.15, -0.1) is 0 Å². The van der Waals surface area contributed by atoms with Crippen LogP contribution < -0.4 is 0 Å². The maximum atomic E-state index is 6.47. The van der Waals surface area contributed by atoms with Crippen molar-refractivity contribution in [3.8, 4) is 0 Å². The van der Waals surface area contributed by atoms with E-state index >= 15 is 0 Å². The number of hydrogen-bond acceptors (Lipinski definition) is 3. The first-order valence-corrected chi connectivity index (χ1v) is 9.91. The lowest BCUT2D eigenvalue weighted by molar-refractivity contribution is -0.114. The summed E-state index contributed by atoms with van der Waals surface area (Å²) in [6, 6.07) is 12.1. The number of likely N-dealkylation sites (tertiary alicyclic amines) is 1. The molecular formula is C21H32N2O. The molecule has 1 aliphatic carbocycles. The van der Waals surface area contributed by atoms with Gasteiger partial charge in [-0.25, -0.2) is 0 Å². The Hall–Kier alpha value is -0.900. The maximum absolute atomic E-state index is 6.47. The van der Waals surface area contributed by atoms with Gasteiger partial charge in [-0.3, -0.25) is 9.80 Å². The van der Waals surface area contributed by atoms with Gasteiger partial charge in [0.05, 0.1) is 11.6 Å². The Bertz CT molecular complexity index is 520. The number of likely N-dealkylation sites (N-methyl/N-ethyl adjacent to an activating group) is 1. The number of hydrogen-bond donors (Lipinski definition) is 0. The third kappa shape index (κ3) is 3.14. The summed E-state index contributed by atoms with van der Waals surface area (Å²) in [6.45, 7) is 4.57. The highest BCUT2D eigenvalue weighted by Crippen LogP contribution is 2.44. The second kappa shape index (κ2) is 7.15. The summed E-state index contributed by atoms with van der Waals surface area (Å²) in [6.07, 6.45) is 9.16. The first-order chi connectivity index (χ1) is 11.8. The molecule has 0 radical (unpaired) electrons. The predicted molar refractivity (Wildman–Crippen MR) is 98.1 cm³/mol. The molecule has 1 saturated carbocycles. The molecule has 3 heteroatoms. The summed E-state index contributed by atoms with van der Waals surface area (Å²) in [5.41, 5.74) is 1.52. The van der Waals surface area contributed by atoms with Crippen LogP contribution in [0.25, 0.3) is 0 Å². The SMILES string of the molecule is CN(Cc1ccccc1)C1C(N2CCCC2)CCCC12CCCO2. The smallest absolute Gasteiger partial charge is 0.0853 e. The maximum Gasteiger partial charge on any atom is 0.0853 e. The van der Waals surface area contributed by atoms with Crippen molar-refractivity contribution in [2.45, 2.75) is 69.2 Å². The lowest BCUT2D eigenvalue weighted by atomic mass is 9.74. The van der Waals surface area contributed by atoms with E-state index in [-0.39, 0.29) is 5.60 Å². The fourth-order valence-corrected chi connectivity index (χ4v) is 5.54. The minimum atomic E-state index is 0.106. The van der Waals surface area contributed by atoms with E-state index in [4.69, 9.17) is 4.74 Å². The van der Waals surface area contributed by atoms with Gasteiger partial charge in [-0.2, -0.15) is 0 Å². The highest BCUT2D eigenvalue weighted by molar-refractivity contribution is 5.16. The Morgan fingerprint density at radius 2 is 1.83 bits per heavy atom. The van der Waals surface area contributed by atoms with E-state index < -0.39 is 0 Å². The molecule has 1 aromatic rings. The topological polar surface area (TPSA) is 15.7 Å². The number of ether oxygens (including phenoxy) is 1. The summed E-state index contributed by atoms with van der Waals surface area (Å²) in [5.74, 6) is 0. The highest BCUT2D eigenvalue weighted by Gasteiger charge is 2.51.